The molecule has 5 nitrogen and oxygen atoms in total. The normalized spacial score (nSPS) is 31.4. The Hall–Kier alpha value is -1.75. The highest BCUT2D eigenvalue weighted by molar-refractivity contribution is 5.84. The lowest BCUT2D eigenvalue weighted by atomic mass is 9.89. The zero-order valence-corrected chi connectivity index (χ0v) is 11.9. The number of methoxy groups -OCH3 is 1. The Morgan fingerprint density at radius 3 is 2.60 bits per heavy atom. The van der Waals surface area contributed by atoms with Crippen molar-refractivity contribution in [1.82, 2.24) is 0 Å². The molecular weight excluding hydrogens is 260 g/mol. The molecule has 0 saturated carbocycles. The van der Waals surface area contributed by atoms with Gasteiger partial charge in [0.25, 0.3) is 0 Å². The second-order valence-corrected chi connectivity index (χ2v) is 5.37. The van der Waals surface area contributed by atoms with E-state index in [1.165, 1.54) is 7.11 Å². The molecule has 5 heteroatoms. The van der Waals surface area contributed by atoms with Crippen LogP contribution in [0.1, 0.15) is 25.8 Å². The molecule has 20 heavy (non-hydrogen) atoms. The van der Waals surface area contributed by atoms with Crippen molar-refractivity contribution in [2.45, 2.75) is 31.5 Å². The Labute approximate surface area is 117 Å². The topological polar surface area (TPSA) is 57.3 Å². The summed E-state index contributed by atoms with van der Waals surface area (Å²) in [6, 6.07) is 5.65. The summed E-state index contributed by atoms with van der Waals surface area (Å²) in [6.07, 6.45) is 0.859. The van der Waals surface area contributed by atoms with Crippen molar-refractivity contribution < 1.29 is 23.7 Å². The van der Waals surface area contributed by atoms with E-state index in [4.69, 9.17) is 18.9 Å². The molecule has 2 aliphatic heterocycles. The van der Waals surface area contributed by atoms with Crippen LogP contribution in [0.3, 0.4) is 0 Å². The maximum atomic E-state index is 11.8. The first-order chi connectivity index (χ1) is 9.51. The van der Waals surface area contributed by atoms with E-state index >= 15 is 0 Å². The lowest BCUT2D eigenvalue weighted by molar-refractivity contribution is -0.146. The van der Waals surface area contributed by atoms with Gasteiger partial charge < -0.3 is 18.9 Å². The number of benzene rings is 1. The molecule has 2 heterocycles. The lowest BCUT2D eigenvalue weighted by Crippen LogP contribution is -2.29. The smallest absolute Gasteiger partial charge is 0.341 e. The molecule has 0 N–H and O–H groups in total. The van der Waals surface area contributed by atoms with Crippen LogP contribution in [-0.2, 0) is 19.9 Å². The number of carbonyl (C=O) groups is 1. The van der Waals surface area contributed by atoms with Gasteiger partial charge in [0.2, 0.25) is 0 Å². The molecule has 0 aromatic heterocycles. The highest BCUT2D eigenvalue weighted by atomic mass is 16.7. The molecule has 0 amide bonds. The van der Waals surface area contributed by atoms with Crippen molar-refractivity contribution in [2.75, 3.05) is 20.3 Å². The van der Waals surface area contributed by atoms with Crippen LogP contribution in [0, 0.1) is 0 Å². The Kier molecular flexibility index (Phi) is 2.90. The van der Waals surface area contributed by atoms with Crippen LogP contribution >= 0.6 is 0 Å². The van der Waals surface area contributed by atoms with Gasteiger partial charge in [0, 0.05) is 6.42 Å². The van der Waals surface area contributed by atoms with Crippen molar-refractivity contribution >= 4 is 5.97 Å². The van der Waals surface area contributed by atoms with Crippen molar-refractivity contribution in [3.05, 3.63) is 23.8 Å². The van der Waals surface area contributed by atoms with E-state index in [0.29, 0.717) is 19.0 Å². The fraction of sp³-hybridized carbons (Fsp3) is 0.533. The summed E-state index contributed by atoms with van der Waals surface area (Å²) in [5.41, 5.74) is -0.749. The number of hydrogen-bond donors (Lipinski definition) is 0. The van der Waals surface area contributed by atoms with Gasteiger partial charge in [-0.3, -0.25) is 0 Å². The minimum absolute atomic E-state index is 0.368. The quantitative estimate of drug-likeness (QED) is 0.612. The summed E-state index contributed by atoms with van der Waals surface area (Å²) in [4.78, 5) is 11.8. The second-order valence-electron chi connectivity index (χ2n) is 5.37. The van der Waals surface area contributed by atoms with E-state index in [-0.39, 0.29) is 5.97 Å². The molecule has 1 aromatic rings. The molecule has 0 radical (unpaired) electrons. The highest BCUT2D eigenvalue weighted by Gasteiger charge is 2.70. The molecule has 2 aliphatic rings. The van der Waals surface area contributed by atoms with Gasteiger partial charge >= 0.3 is 5.97 Å². The number of ether oxygens (including phenoxy) is 4. The Balaban J connectivity index is 1.93. The molecule has 2 unspecified atom stereocenters. The molecule has 1 fully saturated rings. The summed E-state index contributed by atoms with van der Waals surface area (Å²) in [5, 5.41) is 0. The first-order valence-electron chi connectivity index (χ1n) is 6.70. The molecular formula is C15H18O5. The number of rotatable bonds is 2. The van der Waals surface area contributed by atoms with E-state index in [2.05, 4.69) is 0 Å². The zero-order valence-electron chi connectivity index (χ0n) is 11.9. The minimum atomic E-state index is -0.943. The van der Waals surface area contributed by atoms with Gasteiger partial charge in [-0.1, -0.05) is 6.07 Å². The minimum Gasteiger partial charge on any atom is -0.490 e. The van der Waals surface area contributed by atoms with Gasteiger partial charge in [0.05, 0.1) is 20.3 Å². The Bertz CT molecular complexity index is 555. The van der Waals surface area contributed by atoms with E-state index in [1.807, 2.05) is 25.1 Å². The van der Waals surface area contributed by atoms with Crippen molar-refractivity contribution in [1.29, 1.82) is 0 Å². The highest BCUT2D eigenvalue weighted by Crippen LogP contribution is 2.56. The Morgan fingerprint density at radius 1 is 1.20 bits per heavy atom. The molecule has 0 bridgehead atoms. The van der Waals surface area contributed by atoms with E-state index in [0.717, 1.165) is 17.7 Å². The van der Waals surface area contributed by atoms with E-state index in [9.17, 15) is 4.79 Å². The number of carbonyl (C=O) groups excluding carboxylic acids is 1. The first kappa shape index (κ1) is 13.2. The number of hydrogen-bond acceptors (Lipinski definition) is 5. The monoisotopic (exact) mass is 278 g/mol. The predicted molar refractivity (Wildman–Crippen MR) is 70.9 cm³/mol. The second kappa shape index (κ2) is 4.38. The standard InChI is InChI=1S/C15H18O5/c1-14(15(2,20-14)13(16)17-3)10-5-6-11-12(9-10)19-8-4-7-18-11/h5-6,9H,4,7-8H2,1-3H3. The van der Waals surface area contributed by atoms with Crippen molar-refractivity contribution in [3.8, 4) is 11.5 Å². The van der Waals surface area contributed by atoms with Gasteiger partial charge in [-0.2, -0.15) is 0 Å². The van der Waals surface area contributed by atoms with Crippen LogP contribution in [0.15, 0.2) is 18.2 Å². The predicted octanol–water partition coefficient (Wildman–Crippen LogP) is 2.02. The van der Waals surface area contributed by atoms with E-state index < -0.39 is 11.2 Å². The van der Waals surface area contributed by atoms with Crippen LogP contribution in [0.2, 0.25) is 0 Å². The average Bonchev–Trinajstić information content (AvgIpc) is 3.11. The largest absolute Gasteiger partial charge is 0.490 e. The molecule has 3 rings (SSSR count). The van der Waals surface area contributed by atoms with Crippen LogP contribution in [0.25, 0.3) is 0 Å². The molecule has 0 spiro atoms. The lowest BCUT2D eigenvalue weighted by Gasteiger charge is -2.14. The SMILES string of the molecule is COC(=O)C1(C)OC1(C)c1ccc2c(c1)OCCCO2. The van der Waals surface area contributed by atoms with Crippen molar-refractivity contribution in [2.24, 2.45) is 0 Å². The number of esters is 1. The van der Waals surface area contributed by atoms with Crippen LogP contribution in [0.4, 0.5) is 0 Å². The molecule has 0 aliphatic carbocycles. The van der Waals surface area contributed by atoms with Crippen LogP contribution in [-0.4, -0.2) is 31.9 Å². The third-order valence-corrected chi connectivity index (χ3v) is 4.15. The summed E-state index contributed by atoms with van der Waals surface area (Å²) >= 11 is 0. The maximum Gasteiger partial charge on any atom is 0.341 e. The fourth-order valence-corrected chi connectivity index (χ4v) is 2.61. The van der Waals surface area contributed by atoms with Crippen LogP contribution < -0.4 is 9.47 Å². The number of epoxide rings is 1. The van der Waals surface area contributed by atoms with Crippen molar-refractivity contribution in [3.63, 3.8) is 0 Å². The van der Waals surface area contributed by atoms with Crippen LogP contribution in [0.5, 0.6) is 11.5 Å². The zero-order chi connectivity index (χ0) is 14.4. The van der Waals surface area contributed by atoms with Gasteiger partial charge in [-0.25, -0.2) is 4.79 Å². The third-order valence-electron chi connectivity index (χ3n) is 4.15. The van der Waals surface area contributed by atoms with Gasteiger partial charge in [0.15, 0.2) is 17.1 Å². The summed E-state index contributed by atoms with van der Waals surface area (Å²) in [6.45, 7) is 4.90. The molecule has 2 atom stereocenters. The molecule has 1 aromatic carbocycles. The summed E-state index contributed by atoms with van der Waals surface area (Å²) in [5.74, 6) is 1.06. The summed E-state index contributed by atoms with van der Waals surface area (Å²) in [7, 11) is 1.36. The molecule has 1 saturated heterocycles. The Morgan fingerprint density at radius 2 is 1.90 bits per heavy atom. The summed E-state index contributed by atoms with van der Waals surface area (Å²) < 4.78 is 21.8. The number of fused-ring (bicyclic) bond motifs is 1. The molecule has 108 valence electrons. The third kappa shape index (κ3) is 1.77. The van der Waals surface area contributed by atoms with E-state index in [1.54, 1.807) is 6.92 Å². The maximum absolute atomic E-state index is 11.8. The average molecular weight is 278 g/mol. The first-order valence-corrected chi connectivity index (χ1v) is 6.70. The fourth-order valence-electron chi connectivity index (χ4n) is 2.61. The van der Waals surface area contributed by atoms with Gasteiger partial charge in [0.1, 0.15) is 5.60 Å². The van der Waals surface area contributed by atoms with Gasteiger partial charge in [-0.05, 0) is 31.5 Å². The van der Waals surface area contributed by atoms with Gasteiger partial charge in [-0.15, -0.1) is 0 Å².